The number of likely N-dealkylation sites (N-methyl/N-ethyl adjacent to an activating group) is 1. The number of esters is 1. The number of halogens is 3. The van der Waals surface area contributed by atoms with E-state index < -0.39 is 12.1 Å². The summed E-state index contributed by atoms with van der Waals surface area (Å²) < 4.78 is 48.4. The van der Waals surface area contributed by atoms with Crippen LogP contribution in [0.1, 0.15) is 5.56 Å². The van der Waals surface area contributed by atoms with Crippen molar-refractivity contribution in [3.05, 3.63) is 48.2 Å². The van der Waals surface area contributed by atoms with Crippen LogP contribution in [0, 0.1) is 0 Å². The summed E-state index contributed by atoms with van der Waals surface area (Å²) in [4.78, 5) is 31.5. The number of fused-ring (bicyclic) bond motifs is 1. The molecule has 13 heteroatoms. The molecule has 1 N–H and O–H groups in total. The molecule has 206 valence electrons. The summed E-state index contributed by atoms with van der Waals surface area (Å²) in [6.45, 7) is 3.24. The molecule has 0 radical (unpaired) electrons. The first-order valence-corrected chi connectivity index (χ1v) is 12.4. The fourth-order valence-corrected chi connectivity index (χ4v) is 4.56. The minimum atomic E-state index is -5.11. The van der Waals surface area contributed by atoms with Gasteiger partial charge < -0.3 is 29.3 Å². The fourth-order valence-electron chi connectivity index (χ4n) is 4.56. The molecule has 2 aliphatic heterocycles. The number of pyridine rings is 1. The second-order valence-electron chi connectivity index (χ2n) is 9.11. The van der Waals surface area contributed by atoms with Crippen molar-refractivity contribution in [1.82, 2.24) is 15.0 Å². The molecular weight excluding hydrogens is 517 g/mol. The molecule has 0 spiro atoms. The van der Waals surface area contributed by atoms with Crippen LogP contribution in [0.3, 0.4) is 0 Å². The van der Waals surface area contributed by atoms with Gasteiger partial charge in [-0.25, -0.2) is 14.8 Å². The average molecular weight is 545 g/mol. The van der Waals surface area contributed by atoms with Crippen LogP contribution in [0.5, 0.6) is 5.75 Å². The Hall–Kier alpha value is -3.97. The third-order valence-corrected chi connectivity index (χ3v) is 6.53. The van der Waals surface area contributed by atoms with Crippen LogP contribution in [0.4, 0.5) is 36.4 Å². The van der Waals surface area contributed by atoms with Gasteiger partial charge in [-0.1, -0.05) is 12.1 Å². The van der Waals surface area contributed by atoms with Crippen molar-refractivity contribution in [2.45, 2.75) is 12.6 Å². The van der Waals surface area contributed by atoms with Crippen molar-refractivity contribution in [1.29, 1.82) is 0 Å². The van der Waals surface area contributed by atoms with Crippen LogP contribution in [-0.4, -0.2) is 85.3 Å². The van der Waals surface area contributed by atoms with E-state index in [-0.39, 0.29) is 12.4 Å². The maximum absolute atomic E-state index is 12.8. The minimum absolute atomic E-state index is 0.00814. The number of aliphatic hydroxyl groups is 1. The number of aliphatic hydroxyl groups excluding tert-OH is 1. The minimum Gasteiger partial charge on any atom is -0.420 e. The number of benzene rings is 1. The summed E-state index contributed by atoms with van der Waals surface area (Å²) in [5, 5.41) is 9.32. The number of morpholine rings is 1. The van der Waals surface area contributed by atoms with Gasteiger partial charge >= 0.3 is 12.1 Å². The van der Waals surface area contributed by atoms with Gasteiger partial charge in [0, 0.05) is 62.3 Å². The average Bonchev–Trinajstić information content (AvgIpc) is 3.37. The third kappa shape index (κ3) is 5.73. The van der Waals surface area contributed by atoms with Gasteiger partial charge in [0.2, 0.25) is 5.95 Å². The second-order valence-corrected chi connectivity index (χ2v) is 9.11. The highest BCUT2D eigenvalue weighted by Crippen LogP contribution is 2.40. The Kier molecular flexibility index (Phi) is 7.53. The number of hydrogen-bond acceptors (Lipinski definition) is 10. The van der Waals surface area contributed by atoms with Gasteiger partial charge in [0.1, 0.15) is 17.4 Å². The van der Waals surface area contributed by atoms with Crippen LogP contribution < -0.4 is 19.4 Å². The number of alkyl halides is 3. The smallest absolute Gasteiger partial charge is 0.420 e. The summed E-state index contributed by atoms with van der Waals surface area (Å²) in [6.07, 6.45) is -2.82. The molecule has 1 saturated heterocycles. The maximum Gasteiger partial charge on any atom is 0.491 e. The van der Waals surface area contributed by atoms with Crippen LogP contribution in [-0.2, 0) is 16.0 Å². The molecule has 3 aromatic rings. The standard InChI is InChI=1S/C26H27F3N6O4/c1-33(9-12-36)21-16-18(5-7-30-21)35-8-6-20-22(31-25(32-23(20)35)34-10-13-38-14-11-34)17-3-2-4-19(15-17)39-24(37)26(27,28)29/h2-5,7,15-16,36H,6,8-14H2,1H3. The molecule has 0 bridgehead atoms. The van der Waals surface area contributed by atoms with Gasteiger partial charge in [0.05, 0.1) is 25.5 Å². The molecule has 2 aromatic heterocycles. The van der Waals surface area contributed by atoms with E-state index in [0.29, 0.717) is 74.7 Å². The Morgan fingerprint density at radius 3 is 2.69 bits per heavy atom. The first kappa shape index (κ1) is 26.6. The molecule has 5 rings (SSSR count). The van der Waals surface area contributed by atoms with Gasteiger partial charge in [-0.2, -0.15) is 18.2 Å². The highest BCUT2D eigenvalue weighted by molar-refractivity contribution is 5.80. The zero-order chi connectivity index (χ0) is 27.6. The SMILES string of the molecule is CN(CCO)c1cc(N2CCc3c(-c4cccc(OC(=O)C(F)(F)F)c4)nc(N4CCOCC4)nc32)ccn1. The van der Waals surface area contributed by atoms with E-state index in [1.54, 1.807) is 12.3 Å². The first-order valence-electron chi connectivity index (χ1n) is 12.4. The molecule has 0 saturated carbocycles. The van der Waals surface area contributed by atoms with Crippen molar-refractivity contribution in [2.24, 2.45) is 0 Å². The largest absolute Gasteiger partial charge is 0.491 e. The van der Waals surface area contributed by atoms with Gasteiger partial charge in [0.25, 0.3) is 0 Å². The molecule has 4 heterocycles. The monoisotopic (exact) mass is 544 g/mol. The number of nitrogens with zero attached hydrogens (tertiary/aromatic N) is 6. The quantitative estimate of drug-likeness (QED) is 0.353. The zero-order valence-corrected chi connectivity index (χ0v) is 21.2. The summed E-state index contributed by atoms with van der Waals surface area (Å²) in [6, 6.07) is 9.71. The maximum atomic E-state index is 12.8. The van der Waals surface area contributed by atoms with E-state index in [9.17, 15) is 23.1 Å². The lowest BCUT2D eigenvalue weighted by atomic mass is 10.1. The molecule has 39 heavy (non-hydrogen) atoms. The van der Waals surface area contributed by atoms with Crippen molar-refractivity contribution < 1.29 is 32.5 Å². The lowest BCUT2D eigenvalue weighted by molar-refractivity contribution is -0.189. The number of rotatable bonds is 7. The topological polar surface area (TPSA) is 104 Å². The van der Waals surface area contributed by atoms with E-state index in [1.807, 2.05) is 29.0 Å². The van der Waals surface area contributed by atoms with E-state index in [1.165, 1.54) is 18.2 Å². The lowest BCUT2D eigenvalue weighted by Crippen LogP contribution is -2.37. The fraction of sp³-hybridized carbons (Fsp3) is 0.385. The number of hydrogen-bond donors (Lipinski definition) is 1. The predicted molar refractivity (Wildman–Crippen MR) is 137 cm³/mol. The van der Waals surface area contributed by atoms with Gasteiger partial charge in [-0.05, 0) is 24.6 Å². The van der Waals surface area contributed by atoms with Crippen LogP contribution >= 0.6 is 0 Å². The molecule has 2 aliphatic rings. The Balaban J connectivity index is 1.56. The molecule has 10 nitrogen and oxygen atoms in total. The first-order chi connectivity index (χ1) is 18.7. The molecule has 0 unspecified atom stereocenters. The summed E-state index contributed by atoms with van der Waals surface area (Å²) in [5.74, 6) is -0.663. The summed E-state index contributed by atoms with van der Waals surface area (Å²) in [7, 11) is 1.84. The van der Waals surface area contributed by atoms with E-state index >= 15 is 0 Å². The number of ether oxygens (including phenoxy) is 2. The Bertz CT molecular complexity index is 1350. The lowest BCUT2D eigenvalue weighted by Gasteiger charge is -2.28. The number of anilines is 4. The Labute approximate surface area is 222 Å². The number of aromatic nitrogens is 3. The van der Waals surface area contributed by atoms with Crippen LogP contribution in [0.15, 0.2) is 42.6 Å². The molecule has 0 atom stereocenters. The summed E-state index contributed by atoms with van der Waals surface area (Å²) in [5.41, 5.74) is 2.75. The Morgan fingerprint density at radius 1 is 1.15 bits per heavy atom. The van der Waals surface area contributed by atoms with Crippen molar-refractivity contribution >= 4 is 29.2 Å². The van der Waals surface area contributed by atoms with Crippen LogP contribution in [0.25, 0.3) is 11.3 Å². The van der Waals surface area contributed by atoms with Gasteiger partial charge in [0.15, 0.2) is 0 Å². The van der Waals surface area contributed by atoms with Gasteiger partial charge in [-0.3, -0.25) is 0 Å². The van der Waals surface area contributed by atoms with Crippen molar-refractivity contribution in [3.63, 3.8) is 0 Å². The molecule has 1 aromatic carbocycles. The van der Waals surface area contributed by atoms with E-state index in [2.05, 4.69) is 14.6 Å². The predicted octanol–water partition coefficient (Wildman–Crippen LogP) is 2.97. The Morgan fingerprint density at radius 2 is 1.95 bits per heavy atom. The van der Waals surface area contributed by atoms with E-state index in [4.69, 9.17) is 14.7 Å². The molecule has 0 amide bonds. The molecule has 0 aliphatic carbocycles. The number of carbonyl (C=O) groups excluding carboxylic acids is 1. The van der Waals surface area contributed by atoms with E-state index in [0.717, 1.165) is 11.3 Å². The third-order valence-electron chi connectivity index (χ3n) is 6.53. The highest BCUT2D eigenvalue weighted by Gasteiger charge is 2.41. The normalized spacial score (nSPS) is 15.3. The van der Waals surface area contributed by atoms with Crippen molar-refractivity contribution in [3.8, 4) is 17.0 Å². The second kappa shape index (κ2) is 11.0. The van der Waals surface area contributed by atoms with Crippen molar-refractivity contribution in [2.75, 3.05) is 67.7 Å². The van der Waals surface area contributed by atoms with Crippen LogP contribution in [0.2, 0.25) is 0 Å². The zero-order valence-electron chi connectivity index (χ0n) is 21.2. The van der Waals surface area contributed by atoms with Gasteiger partial charge in [-0.15, -0.1) is 0 Å². The highest BCUT2D eigenvalue weighted by atomic mass is 19.4. The number of carbonyl (C=O) groups is 1. The molecular formula is C26H27F3N6O4. The molecule has 1 fully saturated rings. The summed E-state index contributed by atoms with van der Waals surface area (Å²) >= 11 is 0.